The van der Waals surface area contributed by atoms with Crippen LogP contribution < -0.4 is 5.73 Å². The van der Waals surface area contributed by atoms with Gasteiger partial charge in [0.15, 0.2) is 4.90 Å². The average Bonchev–Trinajstić information content (AvgIpc) is 2.82. The molecule has 0 aliphatic carbocycles. The molecule has 0 amide bonds. The molecule has 0 radical (unpaired) electrons. The van der Waals surface area contributed by atoms with E-state index in [1.165, 1.54) is 16.4 Å². The monoisotopic (exact) mass is 313 g/mol. The van der Waals surface area contributed by atoms with Crippen LogP contribution in [0.15, 0.2) is 23.1 Å². The molecule has 1 aromatic rings. The van der Waals surface area contributed by atoms with Crippen molar-refractivity contribution in [2.45, 2.75) is 25.2 Å². The van der Waals surface area contributed by atoms with Crippen molar-refractivity contribution in [3.05, 3.63) is 33.9 Å². The normalized spacial score (nSPS) is 23.4. The molecular weight excluding hydrogens is 294 g/mol. The van der Waals surface area contributed by atoms with Gasteiger partial charge in [-0.3, -0.25) is 10.1 Å². The van der Waals surface area contributed by atoms with Gasteiger partial charge >= 0.3 is 0 Å². The molecule has 8 heteroatoms. The summed E-state index contributed by atoms with van der Waals surface area (Å²) in [5.74, 6) is 0. The van der Waals surface area contributed by atoms with Gasteiger partial charge in [0, 0.05) is 19.2 Å². The van der Waals surface area contributed by atoms with Crippen molar-refractivity contribution in [1.29, 1.82) is 0 Å². The van der Waals surface area contributed by atoms with Crippen LogP contribution in [0.4, 0.5) is 5.69 Å². The fourth-order valence-corrected chi connectivity index (χ4v) is 4.55. The molecule has 1 aromatic carbocycles. The first-order valence-electron chi connectivity index (χ1n) is 6.65. The molecule has 1 saturated heterocycles. The number of hydrogen-bond donors (Lipinski definition) is 1. The highest BCUT2D eigenvalue weighted by Crippen LogP contribution is 2.36. The van der Waals surface area contributed by atoms with Crippen LogP contribution >= 0.6 is 0 Å². The van der Waals surface area contributed by atoms with Crippen molar-refractivity contribution in [2.24, 2.45) is 11.1 Å². The van der Waals surface area contributed by atoms with E-state index in [0.29, 0.717) is 25.1 Å². The van der Waals surface area contributed by atoms with Crippen molar-refractivity contribution in [3.63, 3.8) is 0 Å². The standard InChI is InChI=1S/C13H19N3O4S/c1-10-4-3-5-11(16(17)18)12(10)21(19,20)15-7-6-13(2,8-14)9-15/h3-5H,6-9,14H2,1-2H3. The summed E-state index contributed by atoms with van der Waals surface area (Å²) in [6.45, 7) is 4.50. The highest BCUT2D eigenvalue weighted by atomic mass is 32.2. The fraction of sp³-hybridized carbons (Fsp3) is 0.538. The summed E-state index contributed by atoms with van der Waals surface area (Å²) >= 11 is 0. The van der Waals surface area contributed by atoms with E-state index in [9.17, 15) is 18.5 Å². The number of nitro groups is 1. The molecule has 0 spiro atoms. The zero-order valence-electron chi connectivity index (χ0n) is 12.1. The van der Waals surface area contributed by atoms with Gasteiger partial charge in [0.1, 0.15) is 0 Å². The summed E-state index contributed by atoms with van der Waals surface area (Å²) in [7, 11) is -3.89. The molecule has 2 rings (SSSR count). The van der Waals surface area contributed by atoms with Crippen LogP contribution in [0.1, 0.15) is 18.9 Å². The Morgan fingerprint density at radius 1 is 1.48 bits per heavy atom. The number of rotatable bonds is 4. The largest absolute Gasteiger partial charge is 0.330 e. The molecule has 1 heterocycles. The topological polar surface area (TPSA) is 107 Å². The minimum absolute atomic E-state index is 0.212. The zero-order valence-corrected chi connectivity index (χ0v) is 12.9. The first-order valence-corrected chi connectivity index (χ1v) is 8.09. The second kappa shape index (κ2) is 5.36. The first-order chi connectivity index (χ1) is 9.71. The molecule has 0 bridgehead atoms. The van der Waals surface area contributed by atoms with E-state index in [1.807, 2.05) is 6.92 Å². The predicted molar refractivity (Wildman–Crippen MR) is 78.4 cm³/mol. The molecule has 116 valence electrons. The first kappa shape index (κ1) is 15.9. The number of sulfonamides is 1. The Labute approximate surface area is 123 Å². The van der Waals surface area contributed by atoms with Crippen LogP contribution in [-0.2, 0) is 10.0 Å². The molecular formula is C13H19N3O4S. The smallest absolute Gasteiger partial charge is 0.289 e. The number of aryl methyl sites for hydroxylation is 1. The Kier molecular flexibility index (Phi) is 4.05. The van der Waals surface area contributed by atoms with Crippen LogP contribution in [-0.4, -0.2) is 37.3 Å². The predicted octanol–water partition coefficient (Wildman–Crippen LogP) is 1.26. The maximum atomic E-state index is 12.8. The van der Waals surface area contributed by atoms with Crippen LogP contribution in [0.3, 0.4) is 0 Å². The Hall–Kier alpha value is -1.51. The van der Waals surface area contributed by atoms with Gasteiger partial charge in [-0.25, -0.2) is 8.42 Å². The van der Waals surface area contributed by atoms with Gasteiger partial charge in [-0.1, -0.05) is 19.1 Å². The molecule has 1 aliphatic rings. The van der Waals surface area contributed by atoms with Crippen molar-refractivity contribution in [3.8, 4) is 0 Å². The third-order valence-electron chi connectivity index (χ3n) is 4.00. The van der Waals surface area contributed by atoms with Gasteiger partial charge in [-0.15, -0.1) is 0 Å². The van der Waals surface area contributed by atoms with Gasteiger partial charge in [-0.05, 0) is 30.9 Å². The lowest BCUT2D eigenvalue weighted by Gasteiger charge is -2.22. The fourth-order valence-electron chi connectivity index (χ4n) is 2.60. The molecule has 7 nitrogen and oxygen atoms in total. The summed E-state index contributed by atoms with van der Waals surface area (Å²) in [4.78, 5) is 10.3. The van der Waals surface area contributed by atoms with E-state index in [4.69, 9.17) is 5.73 Å². The second-order valence-electron chi connectivity index (χ2n) is 5.78. The number of benzene rings is 1. The van der Waals surface area contributed by atoms with Crippen LogP contribution in [0, 0.1) is 22.5 Å². The Balaban J connectivity index is 2.49. The van der Waals surface area contributed by atoms with Gasteiger partial charge in [0.2, 0.25) is 10.0 Å². The van der Waals surface area contributed by atoms with E-state index in [2.05, 4.69) is 0 Å². The van der Waals surface area contributed by atoms with Crippen molar-refractivity contribution >= 4 is 15.7 Å². The van der Waals surface area contributed by atoms with Gasteiger partial charge in [0.25, 0.3) is 5.69 Å². The van der Waals surface area contributed by atoms with Gasteiger partial charge < -0.3 is 5.73 Å². The van der Waals surface area contributed by atoms with Gasteiger partial charge in [-0.2, -0.15) is 4.31 Å². The van der Waals surface area contributed by atoms with E-state index in [0.717, 1.165) is 0 Å². The molecule has 1 fully saturated rings. The summed E-state index contributed by atoms with van der Waals surface area (Å²) < 4.78 is 26.8. The third-order valence-corrected chi connectivity index (χ3v) is 6.04. The van der Waals surface area contributed by atoms with E-state index in [-0.39, 0.29) is 22.5 Å². The number of nitrogens with zero attached hydrogens (tertiary/aromatic N) is 2. The Morgan fingerprint density at radius 3 is 2.67 bits per heavy atom. The van der Waals surface area contributed by atoms with Crippen molar-refractivity contribution in [1.82, 2.24) is 4.31 Å². The molecule has 1 aliphatic heterocycles. The SMILES string of the molecule is Cc1cccc([N+](=O)[O-])c1S(=O)(=O)N1CCC(C)(CN)C1. The second-order valence-corrected chi connectivity index (χ2v) is 7.66. The van der Waals surface area contributed by atoms with Crippen molar-refractivity contribution < 1.29 is 13.3 Å². The van der Waals surface area contributed by atoms with E-state index in [1.54, 1.807) is 13.0 Å². The molecule has 2 N–H and O–H groups in total. The van der Waals surface area contributed by atoms with Crippen LogP contribution in [0.5, 0.6) is 0 Å². The summed E-state index contributed by atoms with van der Waals surface area (Å²) in [5.41, 5.74) is 5.42. The Bertz CT molecular complexity index is 674. The van der Waals surface area contributed by atoms with Crippen LogP contribution in [0.25, 0.3) is 0 Å². The maximum absolute atomic E-state index is 12.8. The lowest BCUT2D eigenvalue weighted by molar-refractivity contribution is -0.387. The highest BCUT2D eigenvalue weighted by molar-refractivity contribution is 7.89. The molecule has 0 saturated carbocycles. The lowest BCUT2D eigenvalue weighted by atomic mass is 9.90. The highest BCUT2D eigenvalue weighted by Gasteiger charge is 2.41. The Morgan fingerprint density at radius 2 is 2.14 bits per heavy atom. The minimum Gasteiger partial charge on any atom is -0.330 e. The number of hydrogen-bond acceptors (Lipinski definition) is 5. The minimum atomic E-state index is -3.89. The molecule has 1 unspecified atom stereocenters. The van der Waals surface area contributed by atoms with E-state index >= 15 is 0 Å². The summed E-state index contributed by atoms with van der Waals surface area (Å²) in [6.07, 6.45) is 0.655. The van der Waals surface area contributed by atoms with Crippen LogP contribution in [0.2, 0.25) is 0 Å². The lowest BCUT2D eigenvalue weighted by Crippen LogP contribution is -2.35. The zero-order chi connectivity index (χ0) is 15.8. The molecule has 1 atom stereocenters. The molecule has 21 heavy (non-hydrogen) atoms. The maximum Gasteiger partial charge on any atom is 0.289 e. The summed E-state index contributed by atoms with van der Waals surface area (Å²) in [5, 5.41) is 11.1. The summed E-state index contributed by atoms with van der Waals surface area (Å²) in [6, 6.07) is 4.27. The van der Waals surface area contributed by atoms with Crippen molar-refractivity contribution in [2.75, 3.05) is 19.6 Å². The third kappa shape index (κ3) is 2.78. The quantitative estimate of drug-likeness (QED) is 0.665. The van der Waals surface area contributed by atoms with E-state index < -0.39 is 14.9 Å². The number of nitro benzene ring substituents is 1. The molecule has 0 aromatic heterocycles. The number of nitrogens with two attached hydrogens (primary N) is 1. The van der Waals surface area contributed by atoms with Gasteiger partial charge in [0.05, 0.1) is 4.92 Å². The average molecular weight is 313 g/mol.